The molecule has 1 aromatic heterocycles. The number of benzene rings is 1. The molecular weight excluding hydrogens is 302 g/mol. The normalized spacial score (nSPS) is 24.7. The molecule has 1 saturated heterocycles. The Morgan fingerprint density at radius 2 is 2.17 bits per heavy atom. The highest BCUT2D eigenvalue weighted by Crippen LogP contribution is 2.38. The van der Waals surface area contributed by atoms with E-state index < -0.39 is 24.2 Å². The van der Waals surface area contributed by atoms with Gasteiger partial charge in [-0.2, -0.15) is 0 Å². The minimum absolute atomic E-state index is 0.186. The van der Waals surface area contributed by atoms with Gasteiger partial charge in [0, 0.05) is 7.11 Å². The van der Waals surface area contributed by atoms with E-state index in [1.54, 1.807) is 18.5 Å². The number of methoxy groups -OCH3 is 1. The van der Waals surface area contributed by atoms with Gasteiger partial charge in [0.1, 0.15) is 11.6 Å². The van der Waals surface area contributed by atoms with Crippen LogP contribution in [0.1, 0.15) is 20.1 Å². The van der Waals surface area contributed by atoms with E-state index in [4.69, 9.17) is 18.9 Å². The van der Waals surface area contributed by atoms with Crippen molar-refractivity contribution < 1.29 is 23.7 Å². The zero-order valence-corrected chi connectivity index (χ0v) is 13.2. The molecular formula is C15H19N3O5. The maximum Gasteiger partial charge on any atom is 0.293 e. The molecule has 3 rings (SSSR count). The average molecular weight is 321 g/mol. The second-order valence-corrected chi connectivity index (χ2v) is 5.74. The maximum absolute atomic E-state index is 10.8. The van der Waals surface area contributed by atoms with Crippen molar-refractivity contribution in [2.45, 2.75) is 38.1 Å². The fourth-order valence-electron chi connectivity index (χ4n) is 2.74. The Morgan fingerprint density at radius 1 is 1.39 bits per heavy atom. The first-order chi connectivity index (χ1) is 11.1. The summed E-state index contributed by atoms with van der Waals surface area (Å²) in [6, 6.07) is 7.54. The van der Waals surface area contributed by atoms with Gasteiger partial charge >= 0.3 is 0 Å². The fraction of sp³-hybridized carbons (Fsp3) is 0.533. The quantitative estimate of drug-likeness (QED) is 0.741. The van der Waals surface area contributed by atoms with Gasteiger partial charge in [-0.1, -0.05) is 17.3 Å². The van der Waals surface area contributed by atoms with Gasteiger partial charge in [0.15, 0.2) is 18.1 Å². The van der Waals surface area contributed by atoms with Crippen LogP contribution in [0.3, 0.4) is 0 Å². The minimum Gasteiger partial charge on any atom is -0.459 e. The van der Waals surface area contributed by atoms with E-state index in [0.29, 0.717) is 6.47 Å². The Bertz CT molecular complexity index is 687. The van der Waals surface area contributed by atoms with Crippen molar-refractivity contribution in [2.75, 3.05) is 13.7 Å². The van der Waals surface area contributed by atoms with Gasteiger partial charge < -0.3 is 18.9 Å². The first kappa shape index (κ1) is 15.9. The molecule has 8 heteroatoms. The molecule has 0 bridgehead atoms. The second kappa shape index (κ2) is 6.23. The zero-order chi connectivity index (χ0) is 16.4. The van der Waals surface area contributed by atoms with Crippen LogP contribution in [0.15, 0.2) is 24.3 Å². The number of carbonyl (C=O) groups is 1. The average Bonchev–Trinajstić information content (AvgIpc) is 3.07. The molecule has 1 aromatic carbocycles. The zero-order valence-electron chi connectivity index (χ0n) is 13.2. The van der Waals surface area contributed by atoms with Gasteiger partial charge in [-0.05, 0) is 26.0 Å². The lowest BCUT2D eigenvalue weighted by molar-refractivity contribution is -0.169. The van der Waals surface area contributed by atoms with Crippen LogP contribution in [0.25, 0.3) is 11.0 Å². The summed E-state index contributed by atoms with van der Waals surface area (Å²) in [7, 11) is 1.53. The molecule has 0 amide bonds. The van der Waals surface area contributed by atoms with Crippen molar-refractivity contribution >= 4 is 17.5 Å². The summed E-state index contributed by atoms with van der Waals surface area (Å²) in [5, 5.41) is 8.31. The van der Waals surface area contributed by atoms with Crippen molar-refractivity contribution in [1.82, 2.24) is 15.0 Å². The summed E-state index contributed by atoms with van der Waals surface area (Å²) >= 11 is 0. The van der Waals surface area contributed by atoms with E-state index in [1.807, 2.05) is 24.3 Å². The van der Waals surface area contributed by atoms with Crippen LogP contribution in [-0.4, -0.2) is 53.2 Å². The number of fused-ring (bicyclic) bond motifs is 1. The highest BCUT2D eigenvalue weighted by molar-refractivity contribution is 5.73. The van der Waals surface area contributed by atoms with Gasteiger partial charge in [-0.3, -0.25) is 4.79 Å². The third-order valence-electron chi connectivity index (χ3n) is 3.65. The van der Waals surface area contributed by atoms with E-state index in [0.717, 1.165) is 11.0 Å². The summed E-state index contributed by atoms with van der Waals surface area (Å²) in [5.41, 5.74) is 1.56. The summed E-state index contributed by atoms with van der Waals surface area (Å²) < 4.78 is 23.8. The molecule has 1 fully saturated rings. The molecule has 2 heterocycles. The Balaban J connectivity index is 1.98. The number of aromatic nitrogens is 3. The molecule has 0 spiro atoms. The van der Waals surface area contributed by atoms with Crippen LogP contribution in [-0.2, 0) is 23.7 Å². The van der Waals surface area contributed by atoms with E-state index in [-0.39, 0.29) is 6.61 Å². The topological polar surface area (TPSA) is 84.7 Å². The summed E-state index contributed by atoms with van der Waals surface area (Å²) in [6.45, 7) is 4.16. The predicted molar refractivity (Wildman–Crippen MR) is 79.4 cm³/mol. The van der Waals surface area contributed by atoms with E-state index in [9.17, 15) is 4.79 Å². The van der Waals surface area contributed by atoms with Crippen LogP contribution < -0.4 is 0 Å². The lowest BCUT2D eigenvalue weighted by Gasteiger charge is -2.24. The van der Waals surface area contributed by atoms with Gasteiger partial charge in [-0.15, -0.1) is 5.10 Å². The highest BCUT2D eigenvalue weighted by atomic mass is 16.8. The van der Waals surface area contributed by atoms with Crippen LogP contribution in [0.2, 0.25) is 0 Å². The van der Waals surface area contributed by atoms with Crippen LogP contribution in [0.5, 0.6) is 0 Å². The molecule has 1 aliphatic rings. The standard InChI is InChI=1S/C15H19N3O5/c1-15(2)22-13(12(8-20-3)21-9-19)14(23-15)18-11-7-5-4-6-10(11)16-17-18/h4-7,9,12-14H,8H2,1-3H3/t12-,13-,14+/m1/s1. The lowest BCUT2D eigenvalue weighted by atomic mass is 10.2. The number of hydrogen-bond acceptors (Lipinski definition) is 7. The molecule has 124 valence electrons. The van der Waals surface area contributed by atoms with Crippen molar-refractivity contribution in [1.29, 1.82) is 0 Å². The smallest absolute Gasteiger partial charge is 0.293 e. The van der Waals surface area contributed by atoms with Gasteiger partial charge in [-0.25, -0.2) is 4.68 Å². The molecule has 0 aliphatic carbocycles. The number of hydrogen-bond donors (Lipinski definition) is 0. The van der Waals surface area contributed by atoms with Gasteiger partial charge in [0.25, 0.3) is 6.47 Å². The van der Waals surface area contributed by atoms with Crippen LogP contribution in [0, 0.1) is 0 Å². The van der Waals surface area contributed by atoms with Crippen molar-refractivity contribution in [3.05, 3.63) is 24.3 Å². The monoisotopic (exact) mass is 321 g/mol. The number of ether oxygens (including phenoxy) is 4. The summed E-state index contributed by atoms with van der Waals surface area (Å²) in [5.74, 6) is -0.847. The number of carbonyl (C=O) groups excluding carboxylic acids is 1. The highest BCUT2D eigenvalue weighted by Gasteiger charge is 2.48. The third-order valence-corrected chi connectivity index (χ3v) is 3.65. The van der Waals surface area contributed by atoms with Crippen molar-refractivity contribution in [3.63, 3.8) is 0 Å². The molecule has 8 nitrogen and oxygen atoms in total. The number of para-hydroxylation sites is 1. The molecule has 0 unspecified atom stereocenters. The molecule has 23 heavy (non-hydrogen) atoms. The number of nitrogens with zero attached hydrogens (tertiary/aromatic N) is 3. The van der Waals surface area contributed by atoms with Crippen molar-refractivity contribution in [3.8, 4) is 0 Å². The molecule has 0 radical (unpaired) electrons. The fourth-order valence-corrected chi connectivity index (χ4v) is 2.74. The Labute approximate surface area is 133 Å². The Morgan fingerprint density at radius 3 is 2.91 bits per heavy atom. The maximum atomic E-state index is 10.8. The SMILES string of the molecule is COC[C@@H](OC=O)[C@H]1OC(C)(C)O[C@@H]1n1nnc2ccccc21. The third kappa shape index (κ3) is 3.05. The second-order valence-electron chi connectivity index (χ2n) is 5.74. The van der Waals surface area contributed by atoms with Crippen LogP contribution in [0.4, 0.5) is 0 Å². The molecule has 3 atom stereocenters. The first-order valence-corrected chi connectivity index (χ1v) is 7.29. The first-order valence-electron chi connectivity index (χ1n) is 7.29. The lowest BCUT2D eigenvalue weighted by Crippen LogP contribution is -2.39. The van der Waals surface area contributed by atoms with E-state index >= 15 is 0 Å². The molecule has 0 N–H and O–H groups in total. The Kier molecular flexibility index (Phi) is 4.29. The van der Waals surface area contributed by atoms with Crippen LogP contribution >= 0.6 is 0 Å². The number of rotatable bonds is 6. The molecule has 1 aliphatic heterocycles. The van der Waals surface area contributed by atoms with Gasteiger partial charge in [0.2, 0.25) is 0 Å². The Hall–Kier alpha value is -2.03. The predicted octanol–water partition coefficient (Wildman–Crippen LogP) is 1.27. The van der Waals surface area contributed by atoms with Crippen molar-refractivity contribution in [2.24, 2.45) is 0 Å². The van der Waals surface area contributed by atoms with E-state index in [2.05, 4.69) is 10.3 Å². The summed E-state index contributed by atoms with van der Waals surface area (Å²) in [4.78, 5) is 10.8. The molecule has 0 saturated carbocycles. The largest absolute Gasteiger partial charge is 0.459 e. The molecule has 2 aromatic rings. The summed E-state index contributed by atoms with van der Waals surface area (Å²) in [6.07, 6.45) is -1.77. The van der Waals surface area contributed by atoms with Gasteiger partial charge in [0.05, 0.1) is 12.1 Å². The van der Waals surface area contributed by atoms with E-state index in [1.165, 1.54) is 7.11 Å². The minimum atomic E-state index is -0.847.